The van der Waals surface area contributed by atoms with Crippen LogP contribution in [-0.2, 0) is 10.0 Å². The second-order valence-electron chi connectivity index (χ2n) is 9.81. The average Bonchev–Trinajstić information content (AvgIpc) is 2.93. The van der Waals surface area contributed by atoms with Crippen LogP contribution in [0.1, 0.15) is 25.3 Å². The molecule has 0 bridgehead atoms. The number of likely N-dealkylation sites (tertiary alicyclic amines) is 1. The van der Waals surface area contributed by atoms with Gasteiger partial charge in [0, 0.05) is 35.0 Å². The van der Waals surface area contributed by atoms with E-state index in [9.17, 15) is 17.2 Å². The van der Waals surface area contributed by atoms with Crippen molar-refractivity contribution in [2.24, 2.45) is 5.92 Å². The molecule has 0 radical (unpaired) electrons. The molecule has 5 rings (SSSR count). The number of pyridine rings is 2. The molecule has 0 aliphatic carbocycles. The molecular weight excluding hydrogens is 534 g/mol. The molecule has 2 aromatic carbocycles. The Hall–Kier alpha value is -4.07. The third kappa shape index (κ3) is 6.06. The molecule has 1 fully saturated rings. The number of benzene rings is 2. The van der Waals surface area contributed by atoms with Crippen molar-refractivity contribution in [3.8, 4) is 28.8 Å². The van der Waals surface area contributed by atoms with E-state index >= 15 is 0 Å². The predicted molar refractivity (Wildman–Crippen MR) is 150 cm³/mol. The molecule has 1 aliphatic heterocycles. The van der Waals surface area contributed by atoms with Gasteiger partial charge in [-0.2, -0.15) is 0 Å². The standard InChI is InChI=1S/C30H28F2N4O3S/c1-20-10-14-36(15-11-20)13-3-4-21-9-12-33-27-7-5-22(16-25(21)27)23-17-28(30(39-2)34-19-23)35-40(37,38)29-8-6-24(31)18-26(29)32/h5-9,12,16-20,35H,10-11,13-15H2,1-2H3. The van der Waals surface area contributed by atoms with Gasteiger partial charge in [0.15, 0.2) is 0 Å². The fourth-order valence-electron chi connectivity index (χ4n) is 4.64. The van der Waals surface area contributed by atoms with Gasteiger partial charge in [0.1, 0.15) is 22.2 Å². The highest BCUT2D eigenvalue weighted by molar-refractivity contribution is 7.92. The lowest BCUT2D eigenvalue weighted by atomic mass is 9.99. The number of nitrogens with zero attached hydrogens (tertiary/aromatic N) is 3. The fraction of sp³-hybridized carbons (Fsp3) is 0.267. The van der Waals surface area contributed by atoms with E-state index in [1.165, 1.54) is 20.0 Å². The number of rotatable bonds is 6. The molecule has 0 unspecified atom stereocenters. The van der Waals surface area contributed by atoms with Gasteiger partial charge in [0.25, 0.3) is 10.0 Å². The maximum atomic E-state index is 14.2. The summed E-state index contributed by atoms with van der Waals surface area (Å²) in [6.45, 7) is 5.10. The van der Waals surface area contributed by atoms with Crippen molar-refractivity contribution < 1.29 is 21.9 Å². The molecular formula is C30H28F2N4O3S. The van der Waals surface area contributed by atoms with Gasteiger partial charge in [-0.1, -0.05) is 24.8 Å². The number of nitrogens with one attached hydrogen (secondary N) is 1. The number of fused-ring (bicyclic) bond motifs is 1. The maximum absolute atomic E-state index is 14.2. The van der Waals surface area contributed by atoms with Gasteiger partial charge >= 0.3 is 0 Å². The minimum Gasteiger partial charge on any atom is -0.480 e. The Morgan fingerprint density at radius 1 is 1.05 bits per heavy atom. The van der Waals surface area contributed by atoms with Crippen LogP contribution in [0, 0.1) is 29.4 Å². The topological polar surface area (TPSA) is 84.4 Å². The van der Waals surface area contributed by atoms with Crippen LogP contribution in [0.25, 0.3) is 22.0 Å². The zero-order valence-electron chi connectivity index (χ0n) is 22.1. The van der Waals surface area contributed by atoms with E-state index < -0.39 is 26.6 Å². The van der Waals surface area contributed by atoms with Crippen LogP contribution in [0.15, 0.2) is 65.8 Å². The summed E-state index contributed by atoms with van der Waals surface area (Å²) in [6.07, 6.45) is 5.66. The molecule has 1 N–H and O–H groups in total. The number of hydrogen-bond donors (Lipinski definition) is 1. The first-order valence-corrected chi connectivity index (χ1v) is 14.3. The SMILES string of the molecule is COc1ncc(-c2ccc3nccc(C#CCN4CCC(C)CC4)c3c2)cc1NS(=O)(=O)c1ccc(F)cc1F. The Morgan fingerprint density at radius 2 is 1.85 bits per heavy atom. The first-order chi connectivity index (χ1) is 19.2. The molecule has 2 aromatic heterocycles. The van der Waals surface area contributed by atoms with E-state index in [2.05, 4.69) is 38.4 Å². The Balaban J connectivity index is 1.45. The minimum absolute atomic E-state index is 0.00374. The van der Waals surface area contributed by atoms with Crippen LogP contribution in [0.4, 0.5) is 14.5 Å². The molecule has 0 atom stereocenters. The Morgan fingerprint density at radius 3 is 2.60 bits per heavy atom. The third-order valence-electron chi connectivity index (χ3n) is 6.95. The van der Waals surface area contributed by atoms with Crippen molar-refractivity contribution in [2.45, 2.75) is 24.7 Å². The summed E-state index contributed by atoms with van der Waals surface area (Å²) in [7, 11) is -3.06. The lowest BCUT2D eigenvalue weighted by Crippen LogP contribution is -2.33. The number of anilines is 1. The largest absolute Gasteiger partial charge is 0.480 e. The van der Waals surface area contributed by atoms with E-state index in [0.717, 1.165) is 53.2 Å². The molecule has 206 valence electrons. The average molecular weight is 563 g/mol. The van der Waals surface area contributed by atoms with E-state index in [4.69, 9.17) is 4.74 Å². The summed E-state index contributed by atoms with van der Waals surface area (Å²) in [5.41, 5.74) is 2.95. The number of methoxy groups -OCH3 is 1. The zero-order chi connectivity index (χ0) is 28.3. The summed E-state index contributed by atoms with van der Waals surface area (Å²) in [6, 6.07) is 11.3. The first-order valence-electron chi connectivity index (χ1n) is 12.9. The molecule has 4 aromatic rings. The molecule has 10 heteroatoms. The highest BCUT2D eigenvalue weighted by atomic mass is 32.2. The molecule has 1 saturated heterocycles. The molecule has 40 heavy (non-hydrogen) atoms. The number of halogens is 2. The predicted octanol–water partition coefficient (Wildman–Crippen LogP) is 5.47. The summed E-state index contributed by atoms with van der Waals surface area (Å²) in [5, 5.41) is 0.853. The second-order valence-corrected chi connectivity index (χ2v) is 11.5. The molecule has 7 nitrogen and oxygen atoms in total. The molecule has 1 aliphatic rings. The minimum atomic E-state index is -4.40. The van der Waals surface area contributed by atoms with Gasteiger partial charge in [-0.05, 0) is 73.8 Å². The molecule has 3 heterocycles. The number of sulfonamides is 1. The molecule has 0 amide bonds. The number of hydrogen-bond acceptors (Lipinski definition) is 6. The summed E-state index contributed by atoms with van der Waals surface area (Å²) in [4.78, 5) is 10.4. The van der Waals surface area contributed by atoms with Crippen LogP contribution >= 0.6 is 0 Å². The monoisotopic (exact) mass is 562 g/mol. The molecule has 0 spiro atoms. The highest BCUT2D eigenvalue weighted by Crippen LogP contribution is 2.32. The zero-order valence-corrected chi connectivity index (χ0v) is 22.9. The van der Waals surface area contributed by atoms with Crippen LogP contribution in [-0.4, -0.2) is 50.0 Å². The second kappa shape index (κ2) is 11.6. The van der Waals surface area contributed by atoms with Crippen molar-refractivity contribution >= 4 is 26.6 Å². The quantitative estimate of drug-likeness (QED) is 0.314. The van der Waals surface area contributed by atoms with Crippen molar-refractivity contribution in [3.63, 3.8) is 0 Å². The van der Waals surface area contributed by atoms with Crippen molar-refractivity contribution in [3.05, 3.63) is 78.1 Å². The van der Waals surface area contributed by atoms with E-state index in [1.807, 2.05) is 24.3 Å². The van der Waals surface area contributed by atoms with Crippen molar-refractivity contribution in [1.82, 2.24) is 14.9 Å². The summed E-state index contributed by atoms with van der Waals surface area (Å²) < 4.78 is 61.0. The first kappa shape index (κ1) is 27.5. The van der Waals surface area contributed by atoms with Gasteiger partial charge in [-0.25, -0.2) is 22.2 Å². The summed E-state index contributed by atoms with van der Waals surface area (Å²) in [5.74, 6) is 5.26. The lowest BCUT2D eigenvalue weighted by molar-refractivity contribution is 0.213. The van der Waals surface area contributed by atoms with Gasteiger partial charge in [0.2, 0.25) is 5.88 Å². The fourth-order valence-corrected chi connectivity index (χ4v) is 5.75. The van der Waals surface area contributed by atoms with Gasteiger partial charge in [0.05, 0.1) is 19.2 Å². The maximum Gasteiger partial charge on any atom is 0.264 e. The highest BCUT2D eigenvalue weighted by Gasteiger charge is 2.22. The Kier molecular flexibility index (Phi) is 7.96. The number of aromatic nitrogens is 2. The lowest BCUT2D eigenvalue weighted by Gasteiger charge is -2.28. The smallest absolute Gasteiger partial charge is 0.264 e. The number of ether oxygens (including phenoxy) is 1. The van der Waals surface area contributed by atoms with Crippen LogP contribution in [0.3, 0.4) is 0 Å². The van der Waals surface area contributed by atoms with Gasteiger partial charge < -0.3 is 4.74 Å². The Labute approximate surface area is 232 Å². The summed E-state index contributed by atoms with van der Waals surface area (Å²) >= 11 is 0. The molecule has 0 saturated carbocycles. The van der Waals surface area contributed by atoms with Crippen LogP contribution in [0.5, 0.6) is 5.88 Å². The van der Waals surface area contributed by atoms with E-state index in [-0.39, 0.29) is 11.6 Å². The third-order valence-corrected chi connectivity index (χ3v) is 8.35. The van der Waals surface area contributed by atoms with Crippen LogP contribution in [0.2, 0.25) is 0 Å². The van der Waals surface area contributed by atoms with Crippen LogP contribution < -0.4 is 9.46 Å². The Bertz CT molecular complexity index is 1730. The number of piperidine rings is 1. The van der Waals surface area contributed by atoms with E-state index in [0.29, 0.717) is 18.2 Å². The van der Waals surface area contributed by atoms with Gasteiger partial charge in [-0.3, -0.25) is 14.6 Å². The normalized spacial score (nSPS) is 14.5. The van der Waals surface area contributed by atoms with Crippen molar-refractivity contribution in [2.75, 3.05) is 31.5 Å². The van der Waals surface area contributed by atoms with E-state index in [1.54, 1.807) is 18.5 Å². The van der Waals surface area contributed by atoms with Crippen molar-refractivity contribution in [1.29, 1.82) is 0 Å². The van der Waals surface area contributed by atoms with Gasteiger partial charge in [-0.15, -0.1) is 0 Å².